The van der Waals surface area contributed by atoms with E-state index >= 15 is 0 Å². The van der Waals surface area contributed by atoms with E-state index in [4.69, 9.17) is 0 Å². The minimum Gasteiger partial charge on any atom is -0.319 e. The van der Waals surface area contributed by atoms with Crippen molar-refractivity contribution >= 4 is 0 Å². The molecule has 0 aromatic heterocycles. The minimum atomic E-state index is 0.427. The highest BCUT2D eigenvalue weighted by molar-refractivity contribution is 5.09. The fourth-order valence-electron chi connectivity index (χ4n) is 6.65. The van der Waals surface area contributed by atoms with Crippen molar-refractivity contribution < 1.29 is 0 Å². The van der Waals surface area contributed by atoms with Gasteiger partial charge in [0.25, 0.3) is 0 Å². The van der Waals surface area contributed by atoms with E-state index in [-0.39, 0.29) is 0 Å². The second kappa shape index (κ2) is 7.24. The Morgan fingerprint density at radius 1 is 1.05 bits per heavy atom. The lowest BCUT2D eigenvalue weighted by Crippen LogP contribution is -2.61. The second-order valence-corrected chi connectivity index (χ2v) is 9.35. The molecule has 1 aliphatic carbocycles. The Hall–Kier alpha value is -0.0400. The molecule has 0 bridgehead atoms. The molecule has 1 N–H and O–H groups in total. The van der Waals surface area contributed by atoms with Crippen LogP contribution in [0.3, 0.4) is 0 Å². The van der Waals surface area contributed by atoms with Crippen molar-refractivity contribution in [3.05, 3.63) is 0 Å². The van der Waals surface area contributed by atoms with Gasteiger partial charge in [-0.25, -0.2) is 0 Å². The fraction of sp³-hybridized carbons (Fsp3) is 1.00. The normalized spacial score (nSPS) is 29.0. The molecule has 132 valence electrons. The van der Waals surface area contributed by atoms with Gasteiger partial charge in [0.2, 0.25) is 0 Å². The highest BCUT2D eigenvalue weighted by Gasteiger charge is 2.61. The highest BCUT2D eigenvalue weighted by atomic mass is 14.8. The average Bonchev–Trinajstić information content (AvgIpc) is 2.42. The summed E-state index contributed by atoms with van der Waals surface area (Å²) in [6.07, 6.45) is 2.84. The molecule has 0 radical (unpaired) electrons. The van der Waals surface area contributed by atoms with Crippen molar-refractivity contribution in [2.24, 2.45) is 46.3 Å². The molecule has 0 aliphatic heterocycles. The number of rotatable bonds is 8. The maximum absolute atomic E-state index is 3.48. The zero-order valence-corrected chi connectivity index (χ0v) is 17.1. The summed E-state index contributed by atoms with van der Waals surface area (Å²) in [5.41, 5.74) is 0.923. The zero-order valence-electron chi connectivity index (χ0n) is 17.1. The first-order valence-corrected chi connectivity index (χ1v) is 9.71. The van der Waals surface area contributed by atoms with Gasteiger partial charge in [-0.2, -0.15) is 0 Å². The molecule has 1 saturated carbocycles. The van der Waals surface area contributed by atoms with Crippen molar-refractivity contribution in [2.75, 3.05) is 13.6 Å². The van der Waals surface area contributed by atoms with Gasteiger partial charge in [0, 0.05) is 0 Å². The first-order valence-electron chi connectivity index (χ1n) is 9.71. The first kappa shape index (κ1) is 20.0. The molecule has 1 aliphatic rings. The van der Waals surface area contributed by atoms with E-state index in [9.17, 15) is 0 Å². The van der Waals surface area contributed by atoms with Crippen LogP contribution in [0.1, 0.15) is 75.2 Å². The minimum absolute atomic E-state index is 0.427. The lowest BCUT2D eigenvalue weighted by atomic mass is 9.38. The molecule has 0 aromatic rings. The van der Waals surface area contributed by atoms with Crippen molar-refractivity contribution in [3.63, 3.8) is 0 Å². The van der Waals surface area contributed by atoms with Crippen molar-refractivity contribution in [1.29, 1.82) is 0 Å². The predicted octanol–water partition coefficient (Wildman–Crippen LogP) is 5.85. The third-order valence-corrected chi connectivity index (χ3v) is 7.78. The van der Waals surface area contributed by atoms with E-state index in [1.807, 2.05) is 0 Å². The summed E-state index contributed by atoms with van der Waals surface area (Å²) in [7, 11) is 2.11. The smallest absolute Gasteiger partial charge is 0.00183 e. The highest BCUT2D eigenvalue weighted by Crippen LogP contribution is 2.67. The van der Waals surface area contributed by atoms with Gasteiger partial charge in [-0.3, -0.25) is 0 Å². The predicted molar refractivity (Wildman–Crippen MR) is 100 cm³/mol. The van der Waals surface area contributed by atoms with Gasteiger partial charge >= 0.3 is 0 Å². The summed E-state index contributed by atoms with van der Waals surface area (Å²) in [6.45, 7) is 23.6. The topological polar surface area (TPSA) is 12.0 Å². The van der Waals surface area contributed by atoms with Crippen LogP contribution in [0.15, 0.2) is 0 Å². The Kier molecular flexibility index (Phi) is 6.58. The number of hydrogen-bond donors (Lipinski definition) is 1. The maximum atomic E-state index is 3.48. The van der Waals surface area contributed by atoms with Gasteiger partial charge in [-0.15, -0.1) is 0 Å². The standard InChI is InChI=1S/C21H43N/c1-14(2)19(13-22-10)18(8)21(15(3)4,16(5)6)20(9)12-11-17(20)7/h14-19,22H,11-13H2,1-10H3. The monoisotopic (exact) mass is 309 g/mol. The van der Waals surface area contributed by atoms with E-state index < -0.39 is 0 Å². The van der Waals surface area contributed by atoms with E-state index in [2.05, 4.69) is 74.7 Å². The van der Waals surface area contributed by atoms with Gasteiger partial charge < -0.3 is 5.32 Å². The van der Waals surface area contributed by atoms with Gasteiger partial charge in [0.1, 0.15) is 0 Å². The Labute approximate surface area is 141 Å². The fourth-order valence-corrected chi connectivity index (χ4v) is 6.65. The van der Waals surface area contributed by atoms with Gasteiger partial charge in [0.15, 0.2) is 0 Å². The summed E-state index contributed by atoms with van der Waals surface area (Å²) in [6, 6.07) is 0. The summed E-state index contributed by atoms with van der Waals surface area (Å²) >= 11 is 0. The van der Waals surface area contributed by atoms with Crippen molar-refractivity contribution in [2.45, 2.75) is 75.2 Å². The number of hydrogen-bond acceptors (Lipinski definition) is 1. The van der Waals surface area contributed by atoms with E-state index in [1.54, 1.807) is 0 Å². The van der Waals surface area contributed by atoms with Crippen molar-refractivity contribution in [3.8, 4) is 0 Å². The van der Waals surface area contributed by atoms with Crippen LogP contribution in [0.25, 0.3) is 0 Å². The number of nitrogens with one attached hydrogen (secondary N) is 1. The molecule has 0 saturated heterocycles. The molecular weight excluding hydrogens is 266 g/mol. The van der Waals surface area contributed by atoms with Crippen LogP contribution in [-0.4, -0.2) is 13.6 Å². The summed E-state index contributed by atoms with van der Waals surface area (Å²) in [5.74, 6) is 4.55. The second-order valence-electron chi connectivity index (χ2n) is 9.35. The lowest BCUT2D eigenvalue weighted by molar-refractivity contribution is -0.181. The lowest BCUT2D eigenvalue weighted by Gasteiger charge is -2.66. The molecule has 4 atom stereocenters. The SMILES string of the molecule is CNCC(C(C)C)C(C)C(C(C)C)(C(C)C)C1(C)CCC1C. The molecule has 0 aromatic carbocycles. The van der Waals surface area contributed by atoms with Gasteiger partial charge in [-0.05, 0) is 72.8 Å². The van der Waals surface area contributed by atoms with Crippen molar-refractivity contribution in [1.82, 2.24) is 5.32 Å². The molecule has 1 nitrogen and oxygen atoms in total. The molecule has 22 heavy (non-hydrogen) atoms. The molecular formula is C21H43N. The Balaban J connectivity index is 3.36. The van der Waals surface area contributed by atoms with E-state index in [0.717, 1.165) is 42.1 Å². The van der Waals surface area contributed by atoms with Crippen LogP contribution >= 0.6 is 0 Å². The average molecular weight is 310 g/mol. The zero-order chi connectivity index (χ0) is 17.3. The molecule has 0 heterocycles. The van der Waals surface area contributed by atoms with Crippen LogP contribution < -0.4 is 5.32 Å². The Morgan fingerprint density at radius 3 is 1.77 bits per heavy atom. The van der Waals surface area contributed by atoms with E-state index in [1.165, 1.54) is 12.8 Å². The van der Waals surface area contributed by atoms with Gasteiger partial charge in [-0.1, -0.05) is 62.3 Å². The Bertz CT molecular complexity index is 336. The van der Waals surface area contributed by atoms with Gasteiger partial charge in [0.05, 0.1) is 0 Å². The summed E-state index contributed by atoms with van der Waals surface area (Å²) in [4.78, 5) is 0. The Morgan fingerprint density at radius 2 is 1.55 bits per heavy atom. The molecule has 0 spiro atoms. The third-order valence-electron chi connectivity index (χ3n) is 7.78. The quantitative estimate of drug-likeness (QED) is 0.593. The third kappa shape index (κ3) is 2.87. The maximum Gasteiger partial charge on any atom is -0.00183 e. The van der Waals surface area contributed by atoms with Crippen LogP contribution in [-0.2, 0) is 0 Å². The molecule has 1 heteroatoms. The van der Waals surface area contributed by atoms with Crippen LogP contribution in [0.2, 0.25) is 0 Å². The van der Waals surface area contributed by atoms with Crippen LogP contribution in [0, 0.1) is 46.3 Å². The van der Waals surface area contributed by atoms with Crippen LogP contribution in [0.5, 0.6) is 0 Å². The van der Waals surface area contributed by atoms with E-state index in [0.29, 0.717) is 10.8 Å². The molecule has 4 unspecified atom stereocenters. The first-order chi connectivity index (χ1) is 10.1. The summed E-state index contributed by atoms with van der Waals surface area (Å²) in [5, 5.41) is 3.48. The largest absolute Gasteiger partial charge is 0.319 e. The molecule has 0 amide bonds. The molecule has 1 fully saturated rings. The van der Waals surface area contributed by atoms with Crippen LogP contribution in [0.4, 0.5) is 0 Å². The molecule has 1 rings (SSSR count). The summed E-state index contributed by atoms with van der Waals surface area (Å²) < 4.78 is 0.